The lowest BCUT2D eigenvalue weighted by atomic mass is 10.2. The highest BCUT2D eigenvalue weighted by Crippen LogP contribution is 2.16. The molecule has 4 heteroatoms. The van der Waals surface area contributed by atoms with Crippen molar-refractivity contribution in [3.63, 3.8) is 0 Å². The van der Waals surface area contributed by atoms with Crippen LogP contribution in [-0.4, -0.2) is 11.5 Å². The molecule has 17 heavy (non-hydrogen) atoms. The van der Waals surface area contributed by atoms with Crippen molar-refractivity contribution in [2.45, 2.75) is 19.4 Å². The molecule has 2 aromatic rings. The Bertz CT molecular complexity index is 456. The number of aromatic nitrogens is 1. The van der Waals surface area contributed by atoms with Crippen molar-refractivity contribution in [3.05, 3.63) is 51.4 Å². The molecule has 0 fully saturated rings. The third kappa shape index (κ3) is 3.80. The van der Waals surface area contributed by atoms with Gasteiger partial charge in [-0.2, -0.15) is 0 Å². The van der Waals surface area contributed by atoms with E-state index < -0.39 is 0 Å². The van der Waals surface area contributed by atoms with Gasteiger partial charge in [-0.25, -0.2) is 4.98 Å². The number of nitrogens with zero attached hydrogens (tertiary/aromatic N) is 1. The molecule has 0 aliphatic heterocycles. The Hall–Kier alpha value is -0.900. The first kappa shape index (κ1) is 12.6. The van der Waals surface area contributed by atoms with Gasteiger partial charge in [0.2, 0.25) is 0 Å². The summed E-state index contributed by atoms with van der Waals surface area (Å²) in [6, 6.07) is 7.93. The summed E-state index contributed by atoms with van der Waals surface area (Å²) in [4.78, 5) is 4.31. The maximum absolute atomic E-state index is 5.93. The third-order valence-electron chi connectivity index (χ3n) is 2.54. The Labute approximate surface area is 111 Å². The second kappa shape index (κ2) is 6.15. The van der Waals surface area contributed by atoms with Crippen molar-refractivity contribution < 1.29 is 0 Å². The molecule has 0 aliphatic carbocycles. The fourth-order valence-electron chi connectivity index (χ4n) is 1.65. The van der Waals surface area contributed by atoms with Gasteiger partial charge >= 0.3 is 0 Å². The van der Waals surface area contributed by atoms with Gasteiger partial charge in [0, 0.05) is 35.6 Å². The minimum Gasteiger partial charge on any atom is -0.312 e. The zero-order valence-electron chi connectivity index (χ0n) is 9.69. The smallest absolute Gasteiger partial charge is 0.0965 e. The minimum atomic E-state index is 0.453. The van der Waals surface area contributed by atoms with Gasteiger partial charge in [0.05, 0.1) is 5.01 Å². The van der Waals surface area contributed by atoms with Crippen LogP contribution in [0.4, 0.5) is 0 Å². The largest absolute Gasteiger partial charge is 0.312 e. The van der Waals surface area contributed by atoms with Crippen LogP contribution < -0.4 is 5.32 Å². The van der Waals surface area contributed by atoms with E-state index in [1.807, 2.05) is 29.8 Å². The molecule has 90 valence electrons. The summed E-state index contributed by atoms with van der Waals surface area (Å²) in [5.41, 5.74) is 1.21. The average Bonchev–Trinajstić information content (AvgIpc) is 2.82. The van der Waals surface area contributed by atoms with Crippen molar-refractivity contribution in [2.75, 3.05) is 6.54 Å². The zero-order valence-corrected chi connectivity index (χ0v) is 11.3. The highest BCUT2D eigenvalue weighted by Gasteiger charge is 2.07. The van der Waals surface area contributed by atoms with Gasteiger partial charge in [-0.15, -0.1) is 11.3 Å². The third-order valence-corrected chi connectivity index (χ3v) is 3.78. The average molecular weight is 267 g/mol. The lowest BCUT2D eigenvalue weighted by Gasteiger charge is -2.10. The monoisotopic (exact) mass is 266 g/mol. The minimum absolute atomic E-state index is 0.453. The Morgan fingerprint density at radius 3 is 3.06 bits per heavy atom. The van der Waals surface area contributed by atoms with Crippen LogP contribution in [0.2, 0.25) is 5.02 Å². The number of hydrogen-bond donors (Lipinski definition) is 1. The SMILES string of the molecule is CC(CNCc1cccc(Cl)c1)c1nccs1. The van der Waals surface area contributed by atoms with E-state index in [1.165, 1.54) is 10.6 Å². The maximum Gasteiger partial charge on any atom is 0.0965 e. The lowest BCUT2D eigenvalue weighted by molar-refractivity contribution is 0.613. The first-order valence-corrected chi connectivity index (χ1v) is 6.86. The second-order valence-corrected chi connectivity index (χ2v) is 5.39. The number of hydrogen-bond acceptors (Lipinski definition) is 3. The van der Waals surface area contributed by atoms with Crippen LogP contribution in [0.1, 0.15) is 23.4 Å². The summed E-state index contributed by atoms with van der Waals surface area (Å²) in [6.45, 7) is 3.96. The van der Waals surface area contributed by atoms with Gasteiger partial charge in [0.25, 0.3) is 0 Å². The van der Waals surface area contributed by atoms with Gasteiger partial charge in [0.15, 0.2) is 0 Å². The van der Waals surface area contributed by atoms with Crippen LogP contribution in [0.15, 0.2) is 35.8 Å². The molecule has 2 nitrogen and oxygen atoms in total. The van der Waals surface area contributed by atoms with E-state index in [4.69, 9.17) is 11.6 Å². The molecule has 2 rings (SSSR count). The highest BCUT2D eigenvalue weighted by molar-refractivity contribution is 7.09. The number of thiazole rings is 1. The molecule has 0 radical (unpaired) electrons. The molecule has 1 aromatic carbocycles. The van der Waals surface area contributed by atoms with Gasteiger partial charge in [0.1, 0.15) is 0 Å². The highest BCUT2D eigenvalue weighted by atomic mass is 35.5. The number of rotatable bonds is 5. The standard InChI is InChI=1S/C13H15ClN2S/c1-10(13-16-5-6-17-13)8-15-9-11-3-2-4-12(14)7-11/h2-7,10,15H,8-9H2,1H3. The normalized spacial score (nSPS) is 12.6. The fourth-order valence-corrected chi connectivity index (χ4v) is 2.56. The Morgan fingerprint density at radius 2 is 2.35 bits per heavy atom. The van der Waals surface area contributed by atoms with Crippen molar-refractivity contribution >= 4 is 22.9 Å². The summed E-state index contributed by atoms with van der Waals surface area (Å²) in [5, 5.41) is 7.41. The molecule has 0 aliphatic rings. The second-order valence-electron chi connectivity index (χ2n) is 4.03. The van der Waals surface area contributed by atoms with E-state index in [0.29, 0.717) is 5.92 Å². The summed E-state index contributed by atoms with van der Waals surface area (Å²) in [7, 11) is 0. The summed E-state index contributed by atoms with van der Waals surface area (Å²) in [6.07, 6.45) is 1.85. The van der Waals surface area contributed by atoms with E-state index in [1.54, 1.807) is 11.3 Å². The van der Waals surface area contributed by atoms with Crippen LogP contribution in [0.5, 0.6) is 0 Å². The molecule has 1 heterocycles. The quantitative estimate of drug-likeness (QED) is 0.893. The van der Waals surface area contributed by atoms with Crippen molar-refractivity contribution in [3.8, 4) is 0 Å². The zero-order chi connectivity index (χ0) is 12.1. The first-order chi connectivity index (χ1) is 8.25. The summed E-state index contributed by atoms with van der Waals surface area (Å²) < 4.78 is 0. The van der Waals surface area contributed by atoms with Crippen molar-refractivity contribution in [2.24, 2.45) is 0 Å². The van der Waals surface area contributed by atoms with Crippen LogP contribution in [0.3, 0.4) is 0 Å². The fraction of sp³-hybridized carbons (Fsp3) is 0.308. The predicted octanol–water partition coefficient (Wildman–Crippen LogP) is 3.69. The molecule has 0 saturated carbocycles. The van der Waals surface area contributed by atoms with E-state index >= 15 is 0 Å². The summed E-state index contributed by atoms with van der Waals surface area (Å²) >= 11 is 7.64. The molecular formula is C13H15ClN2S. The number of halogens is 1. The van der Waals surface area contributed by atoms with Crippen molar-refractivity contribution in [1.29, 1.82) is 0 Å². The number of benzene rings is 1. The lowest BCUT2D eigenvalue weighted by Crippen LogP contribution is -2.19. The number of nitrogens with one attached hydrogen (secondary N) is 1. The molecule has 1 N–H and O–H groups in total. The van der Waals surface area contributed by atoms with E-state index in [-0.39, 0.29) is 0 Å². The predicted molar refractivity (Wildman–Crippen MR) is 73.7 cm³/mol. The molecule has 1 aromatic heterocycles. The van der Waals surface area contributed by atoms with Crippen LogP contribution in [-0.2, 0) is 6.54 Å². The van der Waals surface area contributed by atoms with E-state index in [9.17, 15) is 0 Å². The van der Waals surface area contributed by atoms with Gasteiger partial charge in [-0.3, -0.25) is 0 Å². The van der Waals surface area contributed by atoms with E-state index in [0.717, 1.165) is 18.1 Å². The summed E-state index contributed by atoms with van der Waals surface area (Å²) in [5.74, 6) is 0.453. The molecule has 1 unspecified atom stereocenters. The Kier molecular flexibility index (Phi) is 4.54. The maximum atomic E-state index is 5.93. The first-order valence-electron chi connectivity index (χ1n) is 5.60. The molecule has 0 bridgehead atoms. The van der Waals surface area contributed by atoms with Crippen LogP contribution in [0.25, 0.3) is 0 Å². The Morgan fingerprint density at radius 1 is 1.47 bits per heavy atom. The molecular weight excluding hydrogens is 252 g/mol. The van der Waals surface area contributed by atoms with Gasteiger partial charge < -0.3 is 5.32 Å². The molecule has 0 amide bonds. The van der Waals surface area contributed by atoms with Crippen LogP contribution in [0, 0.1) is 0 Å². The van der Waals surface area contributed by atoms with Crippen molar-refractivity contribution in [1.82, 2.24) is 10.3 Å². The topological polar surface area (TPSA) is 24.9 Å². The molecule has 1 atom stereocenters. The molecule has 0 spiro atoms. The molecule has 0 saturated heterocycles. The van der Waals surface area contributed by atoms with Crippen LogP contribution >= 0.6 is 22.9 Å². The van der Waals surface area contributed by atoms with Gasteiger partial charge in [-0.05, 0) is 17.7 Å². The van der Waals surface area contributed by atoms with Gasteiger partial charge in [-0.1, -0.05) is 30.7 Å². The Balaban J connectivity index is 1.80. The van der Waals surface area contributed by atoms with E-state index in [2.05, 4.69) is 23.3 Å².